The highest BCUT2D eigenvalue weighted by Crippen LogP contribution is 2.28. The first-order valence-corrected chi connectivity index (χ1v) is 14.0. The summed E-state index contributed by atoms with van der Waals surface area (Å²) in [4.78, 5) is 52.7. The van der Waals surface area contributed by atoms with Crippen molar-refractivity contribution in [3.8, 4) is 0 Å². The van der Waals surface area contributed by atoms with E-state index in [9.17, 15) is 28.3 Å². The Morgan fingerprint density at radius 3 is 2.47 bits per heavy atom. The van der Waals surface area contributed by atoms with Crippen molar-refractivity contribution >= 4 is 29.1 Å². The summed E-state index contributed by atoms with van der Waals surface area (Å²) in [5.74, 6) is -4.21. The van der Waals surface area contributed by atoms with E-state index in [1.54, 1.807) is 29.3 Å². The number of pyridine rings is 1. The van der Waals surface area contributed by atoms with Crippen molar-refractivity contribution in [1.29, 1.82) is 0 Å². The maximum atomic E-state index is 14.1. The third-order valence-electron chi connectivity index (χ3n) is 7.18. The summed E-state index contributed by atoms with van der Waals surface area (Å²) >= 11 is 0. The topological polar surface area (TPSA) is 127 Å². The van der Waals surface area contributed by atoms with E-state index in [1.807, 2.05) is 38.1 Å². The molecule has 0 radical (unpaired) electrons. The molecule has 2 aromatic carbocycles. The molecule has 1 aliphatic heterocycles. The Morgan fingerprint density at radius 1 is 1.05 bits per heavy atom. The zero-order chi connectivity index (χ0) is 31.1. The molecule has 2 unspecified atom stereocenters. The Bertz CT molecular complexity index is 1500. The van der Waals surface area contributed by atoms with E-state index < -0.39 is 53.2 Å². The molecule has 0 saturated carbocycles. The first-order chi connectivity index (χ1) is 20.6. The van der Waals surface area contributed by atoms with E-state index in [0.717, 1.165) is 25.2 Å². The highest BCUT2D eigenvalue weighted by atomic mass is 19.1. The maximum absolute atomic E-state index is 14.1. The quantitative estimate of drug-likeness (QED) is 0.314. The van der Waals surface area contributed by atoms with Gasteiger partial charge in [0, 0.05) is 30.4 Å². The highest BCUT2D eigenvalue weighted by molar-refractivity contribution is 6.19. The second-order valence-electron chi connectivity index (χ2n) is 9.94. The molecular weight excluding hydrogens is 558 g/mol. The van der Waals surface area contributed by atoms with Crippen LogP contribution in [0.2, 0.25) is 0 Å². The lowest BCUT2D eigenvalue weighted by Gasteiger charge is -2.28. The van der Waals surface area contributed by atoms with E-state index in [4.69, 9.17) is 0 Å². The largest absolute Gasteiger partial charge is 0.378 e. The molecule has 2 heterocycles. The lowest BCUT2D eigenvalue weighted by atomic mass is 10.0. The molecule has 0 fully saturated rings. The third kappa shape index (κ3) is 7.27. The van der Waals surface area contributed by atoms with Crippen LogP contribution in [0.15, 0.2) is 71.9 Å². The molecule has 226 valence electrons. The Morgan fingerprint density at radius 2 is 1.77 bits per heavy atom. The van der Waals surface area contributed by atoms with Gasteiger partial charge in [-0.3, -0.25) is 19.4 Å². The second kappa shape index (κ2) is 14.1. The molecule has 1 aromatic heterocycles. The van der Waals surface area contributed by atoms with E-state index >= 15 is 0 Å². The number of hydrogen-bond acceptors (Lipinski definition) is 7. The van der Waals surface area contributed by atoms with Gasteiger partial charge in [-0.25, -0.2) is 13.8 Å². The van der Waals surface area contributed by atoms with Gasteiger partial charge in [0.2, 0.25) is 12.1 Å². The number of aromatic nitrogens is 1. The first-order valence-electron chi connectivity index (χ1n) is 14.0. The Balaban J connectivity index is 1.62. The minimum absolute atomic E-state index is 0.326. The number of anilines is 1. The van der Waals surface area contributed by atoms with Crippen LogP contribution >= 0.6 is 0 Å². The standard InChI is InChI=1S/C31H34F2N6O4/c1-4-38(5-2)16-17-39-25-12-7-6-10-21(25)26(24-11-8-9-15-34-24)36-28(31(39)43)37-29(41)19(3)35-30(42)27(40)22-18-20(32)13-14-23(22)33/h6-15,18-19,27-28,40H,4-5,16-17H2,1-3H3,(H,35,42)(H,37,41)/t19-,27?,28?/m0/s1. The van der Waals surface area contributed by atoms with E-state index in [0.29, 0.717) is 41.8 Å². The SMILES string of the molecule is CCN(CC)CCN1C(=O)C(NC(=O)[C@H](C)NC(=O)C(O)c2cc(F)ccc2F)N=C(c2ccccn2)c2ccccc21. The van der Waals surface area contributed by atoms with Crippen molar-refractivity contribution in [2.24, 2.45) is 4.99 Å². The van der Waals surface area contributed by atoms with Gasteiger partial charge in [-0.15, -0.1) is 0 Å². The molecule has 0 aliphatic carbocycles. The number of rotatable bonds is 11. The second-order valence-corrected chi connectivity index (χ2v) is 9.94. The van der Waals surface area contributed by atoms with Crippen LogP contribution in [0, 0.1) is 11.6 Å². The predicted octanol–water partition coefficient (Wildman–Crippen LogP) is 2.57. The summed E-state index contributed by atoms with van der Waals surface area (Å²) < 4.78 is 27.7. The van der Waals surface area contributed by atoms with E-state index in [1.165, 1.54) is 6.92 Å². The first kappa shape index (κ1) is 31.4. The summed E-state index contributed by atoms with van der Waals surface area (Å²) in [6, 6.07) is 13.7. The fourth-order valence-corrected chi connectivity index (χ4v) is 4.73. The molecule has 3 aromatic rings. The number of para-hydroxylation sites is 1. The lowest BCUT2D eigenvalue weighted by Crippen LogP contribution is -2.54. The molecule has 3 amide bonds. The summed E-state index contributed by atoms with van der Waals surface area (Å²) in [6.07, 6.45) is -1.84. The fraction of sp³-hybridized carbons (Fsp3) is 0.323. The summed E-state index contributed by atoms with van der Waals surface area (Å²) in [5.41, 5.74) is 1.59. The number of amides is 3. The Hall–Kier alpha value is -4.55. The Kier molecular flexibility index (Phi) is 10.3. The molecule has 0 bridgehead atoms. The van der Waals surface area contributed by atoms with Gasteiger partial charge in [0.05, 0.1) is 17.1 Å². The number of benzene rings is 2. The number of aliphatic hydroxyl groups is 1. The molecule has 1 aliphatic rings. The van der Waals surface area contributed by atoms with Crippen LogP contribution < -0.4 is 15.5 Å². The minimum atomic E-state index is -2.07. The molecular formula is C31H34F2N6O4. The number of carbonyl (C=O) groups excluding carboxylic acids is 3. The van der Waals surface area contributed by atoms with Crippen molar-refractivity contribution in [3.63, 3.8) is 0 Å². The highest BCUT2D eigenvalue weighted by Gasteiger charge is 2.34. The fourth-order valence-electron chi connectivity index (χ4n) is 4.73. The number of halogens is 2. The zero-order valence-corrected chi connectivity index (χ0v) is 24.1. The van der Waals surface area contributed by atoms with Crippen LogP contribution in [0.5, 0.6) is 0 Å². The van der Waals surface area contributed by atoms with Crippen LogP contribution in [-0.2, 0) is 14.4 Å². The number of nitrogens with zero attached hydrogens (tertiary/aromatic N) is 4. The average Bonchev–Trinajstić information content (AvgIpc) is 3.13. The normalized spacial score (nSPS) is 16.2. The summed E-state index contributed by atoms with van der Waals surface area (Å²) in [7, 11) is 0. The van der Waals surface area contributed by atoms with Gasteiger partial charge in [-0.05, 0) is 56.4 Å². The molecule has 3 atom stereocenters. The van der Waals surface area contributed by atoms with Gasteiger partial charge < -0.3 is 25.5 Å². The van der Waals surface area contributed by atoms with Crippen LogP contribution in [0.25, 0.3) is 0 Å². The van der Waals surface area contributed by atoms with Crippen LogP contribution in [0.4, 0.5) is 14.5 Å². The number of benzodiazepines with no additional fused rings is 1. The minimum Gasteiger partial charge on any atom is -0.378 e. The number of nitrogens with one attached hydrogen (secondary N) is 2. The van der Waals surface area contributed by atoms with Gasteiger partial charge in [0.25, 0.3) is 11.8 Å². The monoisotopic (exact) mass is 592 g/mol. The molecule has 4 rings (SSSR count). The van der Waals surface area contributed by atoms with Crippen molar-refractivity contribution < 1.29 is 28.3 Å². The summed E-state index contributed by atoms with van der Waals surface area (Å²) in [5, 5.41) is 15.2. The third-order valence-corrected chi connectivity index (χ3v) is 7.18. The molecule has 0 saturated heterocycles. The van der Waals surface area contributed by atoms with Gasteiger partial charge in [-0.2, -0.15) is 0 Å². The zero-order valence-electron chi connectivity index (χ0n) is 24.1. The van der Waals surface area contributed by atoms with Gasteiger partial charge in [0.15, 0.2) is 6.10 Å². The molecule has 12 heteroatoms. The molecule has 10 nitrogen and oxygen atoms in total. The molecule has 43 heavy (non-hydrogen) atoms. The van der Waals surface area contributed by atoms with E-state index in [-0.39, 0.29) is 0 Å². The Labute approximate surface area is 248 Å². The van der Waals surface area contributed by atoms with Gasteiger partial charge in [0.1, 0.15) is 17.7 Å². The molecule has 3 N–H and O–H groups in total. The lowest BCUT2D eigenvalue weighted by molar-refractivity contribution is -0.134. The number of aliphatic hydroxyl groups excluding tert-OH is 1. The van der Waals surface area contributed by atoms with Crippen LogP contribution in [-0.4, -0.2) is 76.8 Å². The van der Waals surface area contributed by atoms with E-state index in [2.05, 4.69) is 25.5 Å². The summed E-state index contributed by atoms with van der Waals surface area (Å²) in [6.45, 7) is 7.88. The van der Waals surface area contributed by atoms with Crippen LogP contribution in [0.3, 0.4) is 0 Å². The van der Waals surface area contributed by atoms with Crippen molar-refractivity contribution in [3.05, 3.63) is 95.3 Å². The number of aliphatic imine (C=N–C) groups is 1. The van der Waals surface area contributed by atoms with Crippen molar-refractivity contribution in [1.82, 2.24) is 20.5 Å². The number of carbonyl (C=O) groups is 3. The van der Waals surface area contributed by atoms with Gasteiger partial charge in [-0.1, -0.05) is 38.1 Å². The molecule has 0 spiro atoms. The smallest absolute Gasteiger partial charge is 0.272 e. The number of hydrogen-bond donors (Lipinski definition) is 3. The predicted molar refractivity (Wildman–Crippen MR) is 157 cm³/mol. The number of likely N-dealkylation sites (N-methyl/N-ethyl adjacent to an activating group) is 1. The van der Waals surface area contributed by atoms with Gasteiger partial charge >= 0.3 is 0 Å². The average molecular weight is 593 g/mol. The van der Waals surface area contributed by atoms with Crippen molar-refractivity contribution in [2.45, 2.75) is 39.1 Å². The van der Waals surface area contributed by atoms with Crippen molar-refractivity contribution in [2.75, 3.05) is 31.1 Å². The number of fused-ring (bicyclic) bond motifs is 1. The van der Waals surface area contributed by atoms with Crippen LogP contribution in [0.1, 0.15) is 43.7 Å². The maximum Gasteiger partial charge on any atom is 0.272 e.